The van der Waals surface area contributed by atoms with Gasteiger partial charge in [0.2, 0.25) is 0 Å². The van der Waals surface area contributed by atoms with E-state index in [0.717, 1.165) is 72.3 Å². The molecule has 0 bridgehead atoms. The van der Waals surface area contributed by atoms with Crippen molar-refractivity contribution in [2.45, 2.75) is 32.2 Å². The molecule has 0 spiro atoms. The van der Waals surface area contributed by atoms with Gasteiger partial charge < -0.3 is 29.5 Å². The van der Waals surface area contributed by atoms with Crippen molar-refractivity contribution in [3.63, 3.8) is 0 Å². The molecule has 2 fully saturated rings. The lowest BCUT2D eigenvalue weighted by Gasteiger charge is -2.37. The molecule has 0 unspecified atom stereocenters. The van der Waals surface area contributed by atoms with Crippen LogP contribution in [-0.4, -0.2) is 89.4 Å². The van der Waals surface area contributed by atoms with Crippen LogP contribution in [0.15, 0.2) is 43.0 Å². The molecule has 0 radical (unpaired) electrons. The molecule has 2 saturated heterocycles. The predicted molar refractivity (Wildman–Crippen MR) is 154 cm³/mol. The number of nitrogens with zero attached hydrogens (tertiary/aromatic N) is 6. The number of benzene rings is 1. The average Bonchev–Trinajstić information content (AvgIpc) is 2.98. The molecule has 2 aliphatic heterocycles. The predicted octanol–water partition coefficient (Wildman–Crippen LogP) is 3.48. The molecule has 1 aromatic carbocycles. The molecule has 0 amide bonds. The highest BCUT2D eigenvalue weighted by atomic mass is 32.1. The number of rotatable bonds is 9. The summed E-state index contributed by atoms with van der Waals surface area (Å²) in [6.07, 6.45) is 10.2. The molecule has 38 heavy (non-hydrogen) atoms. The number of methoxy groups -OCH3 is 1. The first-order chi connectivity index (χ1) is 18.7. The maximum atomic E-state index is 6.15. The fraction of sp³-hybridized carbons (Fsp3) is 0.500. The zero-order valence-electron chi connectivity index (χ0n) is 22.1. The molecule has 0 saturated carbocycles. The van der Waals surface area contributed by atoms with Crippen LogP contribution in [0.25, 0.3) is 10.9 Å². The van der Waals surface area contributed by atoms with Crippen molar-refractivity contribution >= 4 is 34.1 Å². The Labute approximate surface area is 230 Å². The van der Waals surface area contributed by atoms with Crippen molar-refractivity contribution in [1.82, 2.24) is 30.1 Å². The van der Waals surface area contributed by atoms with Crippen LogP contribution in [0.5, 0.6) is 11.5 Å². The molecule has 2 aromatic heterocycles. The van der Waals surface area contributed by atoms with Crippen LogP contribution in [-0.2, 0) is 6.54 Å². The minimum Gasteiger partial charge on any atom is -0.493 e. The van der Waals surface area contributed by atoms with Gasteiger partial charge >= 0.3 is 0 Å². The van der Waals surface area contributed by atoms with Crippen molar-refractivity contribution in [1.29, 1.82) is 0 Å². The van der Waals surface area contributed by atoms with Gasteiger partial charge in [-0.25, -0.2) is 9.97 Å². The third kappa shape index (κ3) is 6.60. The number of hydrogen-bond acceptors (Lipinski definition) is 8. The number of aromatic nitrogens is 3. The van der Waals surface area contributed by atoms with Crippen LogP contribution in [0.4, 0.5) is 5.82 Å². The molecule has 3 aromatic rings. The van der Waals surface area contributed by atoms with Crippen LogP contribution in [0.2, 0.25) is 0 Å². The number of piperidine rings is 1. The van der Waals surface area contributed by atoms with Gasteiger partial charge in [0.05, 0.1) is 19.2 Å². The number of nitrogens with one attached hydrogen (secondary N) is 1. The van der Waals surface area contributed by atoms with Gasteiger partial charge in [-0.2, -0.15) is 0 Å². The third-order valence-electron chi connectivity index (χ3n) is 7.26. The van der Waals surface area contributed by atoms with Gasteiger partial charge in [-0.1, -0.05) is 12.5 Å². The summed E-state index contributed by atoms with van der Waals surface area (Å²) >= 11 is 5.65. The summed E-state index contributed by atoms with van der Waals surface area (Å²) in [5, 5.41) is 5.09. The largest absolute Gasteiger partial charge is 0.493 e. The number of fused-ring (bicyclic) bond motifs is 1. The van der Waals surface area contributed by atoms with Crippen LogP contribution in [0, 0.1) is 0 Å². The smallest absolute Gasteiger partial charge is 0.169 e. The van der Waals surface area contributed by atoms with E-state index in [0.29, 0.717) is 18.9 Å². The van der Waals surface area contributed by atoms with E-state index in [1.165, 1.54) is 32.4 Å². The van der Waals surface area contributed by atoms with Gasteiger partial charge in [0.15, 0.2) is 16.6 Å². The van der Waals surface area contributed by atoms with E-state index in [4.69, 9.17) is 21.7 Å². The lowest BCUT2D eigenvalue weighted by atomic mass is 10.1. The Morgan fingerprint density at radius 1 is 1.03 bits per heavy atom. The first-order valence-electron chi connectivity index (χ1n) is 13.6. The Balaban J connectivity index is 1.18. The maximum Gasteiger partial charge on any atom is 0.169 e. The fourth-order valence-electron chi connectivity index (χ4n) is 5.14. The topological polar surface area (TPSA) is 78.9 Å². The third-order valence-corrected chi connectivity index (χ3v) is 7.66. The second kappa shape index (κ2) is 13.0. The van der Waals surface area contributed by atoms with Gasteiger partial charge in [-0.3, -0.25) is 4.98 Å². The number of hydrogen-bond donors (Lipinski definition) is 1. The van der Waals surface area contributed by atoms with Crippen molar-refractivity contribution in [3.05, 3.63) is 48.5 Å². The van der Waals surface area contributed by atoms with Crippen molar-refractivity contribution in [2.75, 3.05) is 64.4 Å². The van der Waals surface area contributed by atoms with Gasteiger partial charge in [-0.15, -0.1) is 0 Å². The SMILES string of the molecule is COc1cc2c(N3CCN(C(=S)NCc4cccnc4)CC3)ncnc2cc1OCCCN1CCCCC1. The van der Waals surface area contributed by atoms with Crippen molar-refractivity contribution < 1.29 is 9.47 Å². The zero-order chi connectivity index (χ0) is 26.2. The number of thiocarbonyl (C=S) groups is 1. The zero-order valence-corrected chi connectivity index (χ0v) is 23.0. The van der Waals surface area contributed by atoms with E-state index in [2.05, 4.69) is 35.0 Å². The molecule has 0 atom stereocenters. The molecule has 1 N–H and O–H groups in total. The van der Waals surface area contributed by atoms with Crippen LogP contribution >= 0.6 is 12.2 Å². The molecule has 202 valence electrons. The Bertz CT molecular complexity index is 1200. The molecule has 10 heteroatoms. The number of piperazine rings is 1. The fourth-order valence-corrected chi connectivity index (χ4v) is 5.40. The normalized spacial score (nSPS) is 16.4. The monoisotopic (exact) mass is 535 g/mol. The summed E-state index contributed by atoms with van der Waals surface area (Å²) < 4.78 is 11.9. The quantitative estimate of drug-likeness (QED) is 0.325. The summed E-state index contributed by atoms with van der Waals surface area (Å²) in [6, 6.07) is 7.97. The highest BCUT2D eigenvalue weighted by molar-refractivity contribution is 7.80. The van der Waals surface area contributed by atoms with E-state index in [9.17, 15) is 0 Å². The van der Waals surface area contributed by atoms with E-state index >= 15 is 0 Å². The molecule has 0 aliphatic carbocycles. The number of ether oxygens (including phenoxy) is 2. The highest BCUT2D eigenvalue weighted by Gasteiger charge is 2.22. The molecular formula is C28H37N7O2S. The summed E-state index contributed by atoms with van der Waals surface area (Å²) in [5.74, 6) is 2.36. The number of pyridine rings is 1. The molecule has 5 rings (SSSR count). The minimum atomic E-state index is 0.660. The van der Waals surface area contributed by atoms with E-state index in [1.54, 1.807) is 19.6 Å². The van der Waals surface area contributed by atoms with Gasteiger partial charge in [0, 0.05) is 63.1 Å². The van der Waals surface area contributed by atoms with Crippen LogP contribution in [0.1, 0.15) is 31.2 Å². The van der Waals surface area contributed by atoms with E-state index in [1.807, 2.05) is 30.5 Å². The lowest BCUT2D eigenvalue weighted by molar-refractivity contribution is 0.203. The number of anilines is 1. The molecule has 4 heterocycles. The summed E-state index contributed by atoms with van der Waals surface area (Å²) in [7, 11) is 1.68. The first kappa shape index (κ1) is 26.4. The number of likely N-dealkylation sites (tertiary alicyclic amines) is 1. The van der Waals surface area contributed by atoms with Crippen molar-refractivity contribution in [3.8, 4) is 11.5 Å². The summed E-state index contributed by atoms with van der Waals surface area (Å²) in [5.41, 5.74) is 1.97. The van der Waals surface area contributed by atoms with Crippen LogP contribution < -0.4 is 19.7 Å². The van der Waals surface area contributed by atoms with Gasteiger partial charge in [0.1, 0.15) is 12.1 Å². The summed E-state index contributed by atoms with van der Waals surface area (Å²) in [6.45, 7) is 8.10. The van der Waals surface area contributed by atoms with Crippen molar-refractivity contribution in [2.24, 2.45) is 0 Å². The Morgan fingerprint density at radius 2 is 1.87 bits per heavy atom. The summed E-state index contributed by atoms with van der Waals surface area (Å²) in [4.78, 5) is 20.4. The molecule has 9 nitrogen and oxygen atoms in total. The second-order valence-corrected chi connectivity index (χ2v) is 10.2. The molecular weight excluding hydrogens is 498 g/mol. The molecule has 2 aliphatic rings. The maximum absolute atomic E-state index is 6.15. The second-order valence-electron chi connectivity index (χ2n) is 9.82. The average molecular weight is 536 g/mol. The Hall–Kier alpha value is -3.24. The standard InChI is InChI=1S/C28H37N7O2S/c1-36-25-17-23-24(18-26(25)37-16-6-11-33-9-3-2-4-10-33)31-21-32-27(23)34-12-14-35(15-13-34)28(38)30-20-22-7-5-8-29-19-22/h5,7-8,17-19,21H,2-4,6,9-16,20H2,1H3,(H,30,38). The van der Waals surface area contributed by atoms with Gasteiger partial charge in [-0.05, 0) is 62.3 Å². The first-order valence-corrected chi connectivity index (χ1v) is 14.0. The lowest BCUT2D eigenvalue weighted by Crippen LogP contribution is -2.51. The Kier molecular flexibility index (Phi) is 9.03. The van der Waals surface area contributed by atoms with Crippen LogP contribution in [0.3, 0.4) is 0 Å². The minimum absolute atomic E-state index is 0.660. The highest BCUT2D eigenvalue weighted by Crippen LogP contribution is 2.35. The van der Waals surface area contributed by atoms with E-state index < -0.39 is 0 Å². The van der Waals surface area contributed by atoms with Gasteiger partial charge in [0.25, 0.3) is 0 Å². The Morgan fingerprint density at radius 3 is 2.63 bits per heavy atom. The van der Waals surface area contributed by atoms with E-state index in [-0.39, 0.29) is 0 Å².